The van der Waals surface area contributed by atoms with Crippen LogP contribution in [-0.2, 0) is 0 Å². The third-order valence-corrected chi connectivity index (χ3v) is 4.20. The number of nitrogens with zero attached hydrogens (tertiary/aromatic N) is 1. The van der Waals surface area contributed by atoms with Crippen molar-refractivity contribution >= 4 is 27.5 Å². The minimum atomic E-state index is -0.687. The molecule has 1 saturated heterocycles. The minimum Gasteiger partial charge on any atom is -0.389 e. The average molecular weight is 351 g/mol. The molecule has 1 aromatic carbocycles. The van der Waals surface area contributed by atoms with Crippen LogP contribution in [0, 0.1) is 0 Å². The van der Waals surface area contributed by atoms with Crippen LogP contribution in [0.1, 0.15) is 18.1 Å². The Kier molecular flexibility index (Phi) is 5.22. The molecule has 0 amide bonds. The standard InChI is InChI=1S/C13H17BrClNO3/c14-8-1-2-9(10(15)5-8)11(17)3-4-16-6-12(18)13(19)7-16/h1-2,5,11-13,17-19H,3-4,6-7H2. The maximum atomic E-state index is 10.1. The average Bonchev–Trinajstić information content (AvgIpc) is 2.66. The van der Waals surface area contributed by atoms with E-state index in [0.717, 1.165) is 4.47 Å². The lowest BCUT2D eigenvalue weighted by Gasteiger charge is -2.18. The van der Waals surface area contributed by atoms with Crippen molar-refractivity contribution in [2.24, 2.45) is 0 Å². The molecule has 0 spiro atoms. The second-order valence-corrected chi connectivity index (χ2v) is 6.19. The molecule has 1 aliphatic heterocycles. The zero-order valence-electron chi connectivity index (χ0n) is 10.3. The summed E-state index contributed by atoms with van der Waals surface area (Å²) >= 11 is 9.40. The zero-order valence-corrected chi connectivity index (χ0v) is 12.7. The van der Waals surface area contributed by atoms with E-state index in [1.165, 1.54) is 0 Å². The van der Waals surface area contributed by atoms with Crippen LogP contribution in [0.2, 0.25) is 5.02 Å². The Morgan fingerprint density at radius 1 is 1.32 bits per heavy atom. The first kappa shape index (κ1) is 15.2. The van der Waals surface area contributed by atoms with E-state index in [1.54, 1.807) is 12.1 Å². The predicted octanol–water partition coefficient (Wildman–Crippen LogP) is 1.56. The van der Waals surface area contributed by atoms with E-state index in [2.05, 4.69) is 15.9 Å². The first-order valence-corrected chi connectivity index (χ1v) is 7.36. The summed E-state index contributed by atoms with van der Waals surface area (Å²) in [6, 6.07) is 5.39. The summed E-state index contributed by atoms with van der Waals surface area (Å²) in [5.74, 6) is 0. The van der Waals surface area contributed by atoms with Gasteiger partial charge in [0.15, 0.2) is 0 Å². The Morgan fingerprint density at radius 2 is 1.95 bits per heavy atom. The highest BCUT2D eigenvalue weighted by Crippen LogP contribution is 2.28. The van der Waals surface area contributed by atoms with E-state index >= 15 is 0 Å². The van der Waals surface area contributed by atoms with Crippen LogP contribution in [0.15, 0.2) is 22.7 Å². The SMILES string of the molecule is OC(CCN1CC(O)C(O)C1)c1ccc(Br)cc1Cl. The van der Waals surface area contributed by atoms with Crippen molar-refractivity contribution in [2.45, 2.75) is 24.7 Å². The zero-order chi connectivity index (χ0) is 14.0. The third-order valence-electron chi connectivity index (χ3n) is 3.37. The summed E-state index contributed by atoms with van der Waals surface area (Å²) in [5.41, 5.74) is 0.699. The molecule has 0 aliphatic carbocycles. The molecule has 0 aromatic heterocycles. The van der Waals surface area contributed by atoms with Gasteiger partial charge in [0.05, 0.1) is 18.3 Å². The van der Waals surface area contributed by atoms with Gasteiger partial charge in [0.25, 0.3) is 0 Å². The largest absolute Gasteiger partial charge is 0.389 e. The van der Waals surface area contributed by atoms with E-state index in [-0.39, 0.29) is 0 Å². The molecule has 3 N–H and O–H groups in total. The van der Waals surface area contributed by atoms with Crippen molar-refractivity contribution in [1.29, 1.82) is 0 Å². The second kappa shape index (κ2) is 6.52. The lowest BCUT2D eigenvalue weighted by atomic mass is 10.1. The molecule has 0 saturated carbocycles. The van der Waals surface area contributed by atoms with Crippen LogP contribution in [0.3, 0.4) is 0 Å². The molecule has 0 bridgehead atoms. The summed E-state index contributed by atoms with van der Waals surface area (Å²) in [7, 11) is 0. The van der Waals surface area contributed by atoms with Crippen molar-refractivity contribution in [3.8, 4) is 0 Å². The maximum Gasteiger partial charge on any atom is 0.0938 e. The molecular weight excluding hydrogens is 334 g/mol. The van der Waals surface area contributed by atoms with E-state index in [4.69, 9.17) is 11.6 Å². The number of halogens is 2. The van der Waals surface area contributed by atoms with Crippen molar-refractivity contribution < 1.29 is 15.3 Å². The van der Waals surface area contributed by atoms with E-state index in [9.17, 15) is 15.3 Å². The summed E-state index contributed by atoms with van der Waals surface area (Å²) in [4.78, 5) is 1.94. The maximum absolute atomic E-state index is 10.1. The number of hydrogen-bond acceptors (Lipinski definition) is 4. The van der Waals surface area contributed by atoms with E-state index in [0.29, 0.717) is 36.6 Å². The van der Waals surface area contributed by atoms with Crippen LogP contribution in [0.25, 0.3) is 0 Å². The molecule has 3 atom stereocenters. The highest BCUT2D eigenvalue weighted by atomic mass is 79.9. The number of rotatable bonds is 4. The van der Waals surface area contributed by atoms with Crippen molar-refractivity contribution in [2.75, 3.05) is 19.6 Å². The number of aliphatic hydroxyl groups excluding tert-OH is 3. The van der Waals surface area contributed by atoms with E-state index in [1.807, 2.05) is 11.0 Å². The Hall–Kier alpha value is -0.170. The molecule has 3 unspecified atom stereocenters. The molecule has 1 aliphatic rings. The topological polar surface area (TPSA) is 63.9 Å². The molecule has 19 heavy (non-hydrogen) atoms. The fourth-order valence-corrected chi connectivity index (χ4v) is 3.06. The fourth-order valence-electron chi connectivity index (χ4n) is 2.26. The molecule has 1 heterocycles. The monoisotopic (exact) mass is 349 g/mol. The quantitative estimate of drug-likeness (QED) is 0.771. The molecule has 4 nitrogen and oxygen atoms in total. The molecule has 6 heteroatoms. The van der Waals surface area contributed by atoms with Gasteiger partial charge in [0.1, 0.15) is 0 Å². The first-order chi connectivity index (χ1) is 8.97. The smallest absolute Gasteiger partial charge is 0.0938 e. The molecular formula is C13H17BrClNO3. The summed E-state index contributed by atoms with van der Waals surface area (Å²) in [5, 5.41) is 29.6. The Labute approximate surface area is 125 Å². The summed E-state index contributed by atoms with van der Waals surface area (Å²) in [6.45, 7) is 1.51. The normalized spacial score (nSPS) is 25.7. The predicted molar refractivity (Wildman–Crippen MR) is 77.2 cm³/mol. The number of benzene rings is 1. The fraction of sp³-hybridized carbons (Fsp3) is 0.538. The Balaban J connectivity index is 1.89. The molecule has 2 rings (SSSR count). The van der Waals surface area contributed by atoms with Gasteiger partial charge in [-0.25, -0.2) is 0 Å². The summed E-state index contributed by atoms with van der Waals surface area (Å²) in [6.07, 6.45) is -1.50. The number of aliphatic hydroxyl groups is 3. The second-order valence-electron chi connectivity index (χ2n) is 4.86. The molecule has 1 aromatic rings. The van der Waals surface area contributed by atoms with Crippen molar-refractivity contribution in [3.05, 3.63) is 33.3 Å². The lowest BCUT2D eigenvalue weighted by Crippen LogP contribution is -2.24. The van der Waals surface area contributed by atoms with Gasteiger partial charge in [-0.15, -0.1) is 0 Å². The van der Waals surface area contributed by atoms with Gasteiger partial charge in [-0.05, 0) is 24.1 Å². The van der Waals surface area contributed by atoms with Crippen molar-refractivity contribution in [3.63, 3.8) is 0 Å². The number of β-amino-alcohol motifs (C(OH)–C–C–N with tert-alkyl or cyclic N) is 2. The van der Waals surface area contributed by atoms with Gasteiger partial charge in [-0.3, -0.25) is 4.90 Å². The van der Waals surface area contributed by atoms with Gasteiger partial charge in [0, 0.05) is 29.1 Å². The lowest BCUT2D eigenvalue weighted by molar-refractivity contribution is 0.0572. The highest BCUT2D eigenvalue weighted by Gasteiger charge is 2.29. The van der Waals surface area contributed by atoms with Gasteiger partial charge in [0.2, 0.25) is 0 Å². The van der Waals surface area contributed by atoms with Gasteiger partial charge in [-0.1, -0.05) is 33.6 Å². The van der Waals surface area contributed by atoms with Crippen LogP contribution in [0.4, 0.5) is 0 Å². The van der Waals surface area contributed by atoms with Crippen LogP contribution in [0.5, 0.6) is 0 Å². The molecule has 106 valence electrons. The van der Waals surface area contributed by atoms with Crippen LogP contribution < -0.4 is 0 Å². The van der Waals surface area contributed by atoms with Gasteiger partial charge < -0.3 is 15.3 Å². The molecule has 1 fully saturated rings. The Morgan fingerprint density at radius 3 is 2.53 bits per heavy atom. The molecule has 0 radical (unpaired) electrons. The van der Waals surface area contributed by atoms with Crippen LogP contribution in [-0.4, -0.2) is 52.1 Å². The number of hydrogen-bond donors (Lipinski definition) is 3. The first-order valence-electron chi connectivity index (χ1n) is 6.19. The third kappa shape index (κ3) is 3.90. The van der Waals surface area contributed by atoms with Crippen molar-refractivity contribution in [1.82, 2.24) is 4.90 Å². The Bertz CT molecular complexity index is 436. The van der Waals surface area contributed by atoms with Crippen LogP contribution >= 0.6 is 27.5 Å². The van der Waals surface area contributed by atoms with Gasteiger partial charge in [-0.2, -0.15) is 0 Å². The van der Waals surface area contributed by atoms with E-state index < -0.39 is 18.3 Å². The summed E-state index contributed by atoms with van der Waals surface area (Å²) < 4.78 is 0.874. The number of likely N-dealkylation sites (tertiary alicyclic amines) is 1. The highest BCUT2D eigenvalue weighted by molar-refractivity contribution is 9.10. The van der Waals surface area contributed by atoms with Gasteiger partial charge >= 0.3 is 0 Å². The minimum absolute atomic E-state index is 0.446.